The first-order chi connectivity index (χ1) is 7.56. The summed E-state index contributed by atoms with van der Waals surface area (Å²) in [5, 5.41) is 10.9. The first-order valence-corrected chi connectivity index (χ1v) is 5.13. The third-order valence-electron chi connectivity index (χ3n) is 2.31. The Kier molecular flexibility index (Phi) is 4.25. The molecule has 1 atom stereocenters. The smallest absolute Gasteiger partial charge is 0.313 e. The van der Waals surface area contributed by atoms with Crippen molar-refractivity contribution in [3.63, 3.8) is 0 Å². The molecule has 1 unspecified atom stereocenters. The van der Waals surface area contributed by atoms with Gasteiger partial charge < -0.3 is 10.5 Å². The molecule has 1 aromatic carbocycles. The maximum Gasteiger partial charge on any atom is 0.313 e. The van der Waals surface area contributed by atoms with Crippen LogP contribution in [0.2, 0.25) is 0 Å². The van der Waals surface area contributed by atoms with Gasteiger partial charge in [-0.3, -0.25) is 10.1 Å². The number of nitro groups is 1. The molecule has 0 heterocycles. The van der Waals surface area contributed by atoms with Crippen molar-refractivity contribution in [3.8, 4) is 5.75 Å². The minimum absolute atomic E-state index is 0.0340. The summed E-state index contributed by atoms with van der Waals surface area (Å²) in [6, 6.07) is 5.04. The topological polar surface area (TPSA) is 78.4 Å². The molecule has 1 rings (SSSR count). The Morgan fingerprint density at radius 2 is 2.25 bits per heavy atom. The Balaban J connectivity index is 2.87. The van der Waals surface area contributed by atoms with Gasteiger partial charge in [-0.2, -0.15) is 0 Å². The van der Waals surface area contributed by atoms with Crippen molar-refractivity contribution in [3.05, 3.63) is 33.9 Å². The predicted molar refractivity (Wildman–Crippen MR) is 61.5 cm³/mol. The number of benzene rings is 1. The SMILES string of the molecule is Cc1cccc(OCC(C)CN)c1[N+](=O)[O-]. The number of hydrogen-bond acceptors (Lipinski definition) is 4. The fraction of sp³-hybridized carbons (Fsp3) is 0.455. The zero-order valence-electron chi connectivity index (χ0n) is 9.47. The molecule has 0 spiro atoms. The van der Waals surface area contributed by atoms with E-state index in [-0.39, 0.29) is 11.6 Å². The average Bonchev–Trinajstić information content (AvgIpc) is 2.25. The van der Waals surface area contributed by atoms with Gasteiger partial charge in [0.05, 0.1) is 11.5 Å². The van der Waals surface area contributed by atoms with Crippen LogP contribution < -0.4 is 10.5 Å². The highest BCUT2D eigenvalue weighted by molar-refractivity contribution is 5.51. The van der Waals surface area contributed by atoms with Crippen molar-refractivity contribution in [2.45, 2.75) is 13.8 Å². The van der Waals surface area contributed by atoms with Gasteiger partial charge in [-0.15, -0.1) is 0 Å². The zero-order chi connectivity index (χ0) is 12.1. The van der Waals surface area contributed by atoms with Gasteiger partial charge in [-0.25, -0.2) is 0 Å². The van der Waals surface area contributed by atoms with E-state index in [1.54, 1.807) is 25.1 Å². The van der Waals surface area contributed by atoms with Crippen LogP contribution in [0.25, 0.3) is 0 Å². The molecule has 0 aromatic heterocycles. The summed E-state index contributed by atoms with van der Waals surface area (Å²) in [6.45, 7) is 4.51. The second-order valence-electron chi connectivity index (χ2n) is 3.83. The number of aryl methyl sites for hydroxylation is 1. The van der Waals surface area contributed by atoms with Crippen LogP contribution >= 0.6 is 0 Å². The van der Waals surface area contributed by atoms with Crippen molar-refractivity contribution in [2.75, 3.05) is 13.2 Å². The standard InChI is InChI=1S/C11H16N2O3/c1-8(6-12)7-16-10-5-3-4-9(2)11(10)13(14)15/h3-5,8H,6-7,12H2,1-2H3. The Labute approximate surface area is 94.4 Å². The van der Waals surface area contributed by atoms with Crippen LogP contribution in [0.5, 0.6) is 5.75 Å². The molecule has 0 aliphatic rings. The Bertz CT molecular complexity index is 379. The molecule has 0 aliphatic heterocycles. The maximum atomic E-state index is 10.9. The number of nitrogens with two attached hydrogens (primary N) is 1. The highest BCUT2D eigenvalue weighted by atomic mass is 16.6. The maximum absolute atomic E-state index is 10.9. The molecular weight excluding hydrogens is 208 g/mol. The van der Waals surface area contributed by atoms with Crippen LogP contribution in [-0.4, -0.2) is 18.1 Å². The highest BCUT2D eigenvalue weighted by Crippen LogP contribution is 2.30. The van der Waals surface area contributed by atoms with Gasteiger partial charge in [0.1, 0.15) is 0 Å². The molecule has 0 saturated heterocycles. The monoisotopic (exact) mass is 224 g/mol. The normalized spacial score (nSPS) is 12.2. The van der Waals surface area contributed by atoms with Gasteiger partial charge >= 0.3 is 5.69 Å². The van der Waals surface area contributed by atoms with Crippen LogP contribution in [0.3, 0.4) is 0 Å². The van der Waals surface area contributed by atoms with Gasteiger partial charge in [0.2, 0.25) is 0 Å². The Hall–Kier alpha value is -1.62. The molecule has 5 heteroatoms. The Morgan fingerprint density at radius 3 is 2.81 bits per heavy atom. The third-order valence-corrected chi connectivity index (χ3v) is 2.31. The van der Waals surface area contributed by atoms with Crippen LogP contribution in [0.15, 0.2) is 18.2 Å². The van der Waals surface area contributed by atoms with E-state index in [1.807, 2.05) is 6.92 Å². The molecule has 0 fully saturated rings. The second kappa shape index (κ2) is 5.46. The van der Waals surface area contributed by atoms with E-state index >= 15 is 0 Å². The number of para-hydroxylation sites is 1. The summed E-state index contributed by atoms with van der Waals surface area (Å²) in [6.07, 6.45) is 0. The molecule has 0 saturated carbocycles. The van der Waals surface area contributed by atoms with Crippen LogP contribution in [0, 0.1) is 23.0 Å². The number of nitro benzene ring substituents is 1. The molecule has 2 N–H and O–H groups in total. The molecule has 16 heavy (non-hydrogen) atoms. The summed E-state index contributed by atoms with van der Waals surface area (Å²) in [5.41, 5.74) is 6.08. The van der Waals surface area contributed by atoms with Gasteiger partial charge in [-0.1, -0.05) is 19.1 Å². The van der Waals surface area contributed by atoms with E-state index in [9.17, 15) is 10.1 Å². The lowest BCUT2D eigenvalue weighted by Crippen LogP contribution is -2.18. The lowest BCUT2D eigenvalue weighted by Gasteiger charge is -2.11. The zero-order valence-corrected chi connectivity index (χ0v) is 9.47. The van der Waals surface area contributed by atoms with Gasteiger partial charge in [0, 0.05) is 11.5 Å². The molecule has 1 aromatic rings. The van der Waals surface area contributed by atoms with E-state index in [1.165, 1.54) is 0 Å². The first kappa shape index (κ1) is 12.4. The molecule has 0 amide bonds. The molecule has 0 aliphatic carbocycles. The van der Waals surface area contributed by atoms with E-state index < -0.39 is 4.92 Å². The molecule has 0 radical (unpaired) electrons. The lowest BCUT2D eigenvalue weighted by molar-refractivity contribution is -0.386. The quantitative estimate of drug-likeness (QED) is 0.611. The molecule has 88 valence electrons. The summed E-state index contributed by atoms with van der Waals surface area (Å²) in [4.78, 5) is 10.4. The van der Waals surface area contributed by atoms with Gasteiger partial charge in [0.15, 0.2) is 5.75 Å². The number of hydrogen-bond donors (Lipinski definition) is 1. The van der Waals surface area contributed by atoms with E-state index in [2.05, 4.69) is 0 Å². The molecule has 5 nitrogen and oxygen atoms in total. The van der Waals surface area contributed by atoms with Crippen LogP contribution in [-0.2, 0) is 0 Å². The second-order valence-corrected chi connectivity index (χ2v) is 3.83. The van der Waals surface area contributed by atoms with Gasteiger partial charge in [0.25, 0.3) is 0 Å². The Morgan fingerprint density at radius 1 is 1.56 bits per heavy atom. The summed E-state index contributed by atoms with van der Waals surface area (Å²) < 4.78 is 5.41. The van der Waals surface area contributed by atoms with Crippen molar-refractivity contribution < 1.29 is 9.66 Å². The highest BCUT2D eigenvalue weighted by Gasteiger charge is 2.18. The van der Waals surface area contributed by atoms with E-state index in [4.69, 9.17) is 10.5 Å². The van der Waals surface area contributed by atoms with Gasteiger partial charge in [-0.05, 0) is 19.5 Å². The predicted octanol–water partition coefficient (Wildman–Crippen LogP) is 1.88. The van der Waals surface area contributed by atoms with Crippen molar-refractivity contribution in [2.24, 2.45) is 11.7 Å². The number of nitrogens with zero attached hydrogens (tertiary/aromatic N) is 1. The summed E-state index contributed by atoms with van der Waals surface area (Å²) in [7, 11) is 0. The van der Waals surface area contributed by atoms with E-state index in [0.717, 1.165) is 0 Å². The lowest BCUT2D eigenvalue weighted by atomic mass is 10.2. The van der Waals surface area contributed by atoms with E-state index in [0.29, 0.717) is 24.5 Å². The summed E-state index contributed by atoms with van der Waals surface area (Å²) >= 11 is 0. The van der Waals surface area contributed by atoms with Crippen LogP contribution in [0.4, 0.5) is 5.69 Å². The number of ether oxygens (including phenoxy) is 1. The minimum atomic E-state index is -0.419. The van der Waals surface area contributed by atoms with Crippen molar-refractivity contribution in [1.29, 1.82) is 0 Å². The number of rotatable bonds is 5. The largest absolute Gasteiger partial charge is 0.486 e. The fourth-order valence-corrected chi connectivity index (χ4v) is 1.28. The molecular formula is C11H16N2O3. The molecule has 0 bridgehead atoms. The average molecular weight is 224 g/mol. The summed E-state index contributed by atoms with van der Waals surface area (Å²) in [5.74, 6) is 0.491. The van der Waals surface area contributed by atoms with Crippen molar-refractivity contribution in [1.82, 2.24) is 0 Å². The van der Waals surface area contributed by atoms with Crippen LogP contribution in [0.1, 0.15) is 12.5 Å². The third kappa shape index (κ3) is 2.93. The minimum Gasteiger partial charge on any atom is -0.486 e. The first-order valence-electron chi connectivity index (χ1n) is 5.13. The fourth-order valence-electron chi connectivity index (χ4n) is 1.28. The van der Waals surface area contributed by atoms with Crippen molar-refractivity contribution >= 4 is 5.69 Å².